The normalized spacial score (nSPS) is 15.5. The van der Waals surface area contributed by atoms with E-state index in [0.29, 0.717) is 0 Å². The summed E-state index contributed by atoms with van der Waals surface area (Å²) < 4.78 is 138. The fourth-order valence-electron chi connectivity index (χ4n) is 6.58. The maximum atomic E-state index is 15.4. The third-order valence-corrected chi connectivity index (χ3v) is 20.7. The summed E-state index contributed by atoms with van der Waals surface area (Å²) in [6, 6.07) is 33.4. The SMILES string of the molecule is CCOP(=O)(OCC)C(O[Si](OC(c1ccccc1)P(=O)(OCC)OCC)(OC(c1ccccc1)P(=O)(OCC)OCC)OC(c1ccccc1)P(=O)(OCC)OCC)c1ccccc1. The number of benzene rings is 4. The molecule has 4 rings (SSSR count). The fraction of sp³-hybridized carbons (Fsp3) is 0.455. The zero-order valence-electron chi connectivity index (χ0n) is 38.3. The van der Waals surface area contributed by atoms with Gasteiger partial charge < -0.3 is 53.9 Å². The predicted molar refractivity (Wildman–Crippen MR) is 250 cm³/mol. The van der Waals surface area contributed by atoms with Crippen LogP contribution in [0.2, 0.25) is 0 Å². The molecule has 0 aromatic heterocycles. The van der Waals surface area contributed by atoms with Crippen LogP contribution in [0, 0.1) is 0 Å². The molecule has 4 aromatic carbocycles. The van der Waals surface area contributed by atoms with Crippen LogP contribution < -0.4 is 0 Å². The first kappa shape index (κ1) is 55.1. The maximum absolute atomic E-state index is 15.4. The lowest BCUT2D eigenvalue weighted by atomic mass is 10.2. The average Bonchev–Trinajstić information content (AvgIpc) is 3.30. The van der Waals surface area contributed by atoms with Gasteiger partial charge in [-0.1, -0.05) is 121 Å². The molecule has 21 heteroatoms. The first-order valence-corrected chi connectivity index (χ1v) is 29.8. The Morgan fingerprint density at radius 1 is 0.308 bits per heavy atom. The lowest BCUT2D eigenvalue weighted by molar-refractivity contribution is -0.0805. The van der Waals surface area contributed by atoms with Gasteiger partial charge in [0.1, 0.15) is 0 Å². The lowest BCUT2D eigenvalue weighted by Gasteiger charge is -2.41. The van der Waals surface area contributed by atoms with Gasteiger partial charge in [0.05, 0.1) is 52.9 Å². The molecule has 360 valence electrons. The molecule has 0 spiro atoms. The van der Waals surface area contributed by atoms with Crippen molar-refractivity contribution in [2.75, 3.05) is 52.9 Å². The van der Waals surface area contributed by atoms with Crippen LogP contribution >= 0.6 is 30.4 Å². The molecule has 0 amide bonds. The summed E-state index contributed by atoms with van der Waals surface area (Å²) in [6.07, 6.45) is 0. The Labute approximate surface area is 385 Å². The van der Waals surface area contributed by atoms with E-state index in [2.05, 4.69) is 0 Å². The van der Waals surface area contributed by atoms with E-state index in [1.165, 1.54) is 0 Å². The summed E-state index contributed by atoms with van der Waals surface area (Å²) in [7, 11) is -23.8. The summed E-state index contributed by atoms with van der Waals surface area (Å²) in [5.74, 6) is -7.07. The second-order valence-electron chi connectivity index (χ2n) is 13.5. The lowest BCUT2D eigenvalue weighted by Crippen LogP contribution is -2.52. The highest BCUT2D eigenvalue weighted by Crippen LogP contribution is 2.70. The molecule has 0 bridgehead atoms. The van der Waals surface area contributed by atoms with Crippen molar-refractivity contribution in [1.29, 1.82) is 0 Å². The molecule has 4 unspecified atom stereocenters. The van der Waals surface area contributed by atoms with E-state index in [1.807, 2.05) is 0 Å². The van der Waals surface area contributed by atoms with Crippen LogP contribution in [-0.2, 0) is 72.2 Å². The quantitative estimate of drug-likeness (QED) is 0.0333. The molecular formula is C44H64O16P4Si. The van der Waals surface area contributed by atoms with E-state index in [0.717, 1.165) is 0 Å². The molecule has 0 aliphatic heterocycles. The Morgan fingerprint density at radius 2 is 0.462 bits per heavy atom. The van der Waals surface area contributed by atoms with E-state index in [1.54, 1.807) is 177 Å². The van der Waals surface area contributed by atoms with E-state index in [4.69, 9.17) is 53.9 Å². The molecule has 0 fully saturated rings. The summed E-state index contributed by atoms with van der Waals surface area (Å²) in [5, 5.41) is 0. The zero-order chi connectivity index (χ0) is 47.4. The van der Waals surface area contributed by atoms with Gasteiger partial charge in [0.15, 0.2) is 23.4 Å². The highest BCUT2D eigenvalue weighted by atomic mass is 31.2. The van der Waals surface area contributed by atoms with Crippen LogP contribution in [-0.4, -0.2) is 61.9 Å². The summed E-state index contributed by atoms with van der Waals surface area (Å²) >= 11 is 0. The van der Waals surface area contributed by atoms with Crippen LogP contribution in [0.4, 0.5) is 0 Å². The molecule has 4 atom stereocenters. The second kappa shape index (κ2) is 26.9. The minimum Gasteiger partial charge on any atom is -0.331 e. The Hall–Kier alpha value is -2.46. The van der Waals surface area contributed by atoms with Crippen LogP contribution in [0.25, 0.3) is 0 Å². The highest BCUT2D eigenvalue weighted by Gasteiger charge is 2.64. The average molecular weight is 1000 g/mol. The smallest absolute Gasteiger partial charge is 0.331 e. The fourth-order valence-corrected chi connectivity index (χ4v) is 18.6. The van der Waals surface area contributed by atoms with Gasteiger partial charge in [0.2, 0.25) is 0 Å². The minimum absolute atomic E-state index is 0.106. The van der Waals surface area contributed by atoms with Gasteiger partial charge in [-0.3, -0.25) is 18.3 Å². The molecule has 4 aromatic rings. The van der Waals surface area contributed by atoms with Crippen LogP contribution in [0.3, 0.4) is 0 Å². The van der Waals surface area contributed by atoms with E-state index in [-0.39, 0.29) is 75.1 Å². The minimum atomic E-state index is -5.78. The Kier molecular flexibility index (Phi) is 22.8. The molecule has 0 heterocycles. The van der Waals surface area contributed by atoms with Crippen molar-refractivity contribution >= 4 is 39.4 Å². The summed E-state index contributed by atoms with van der Waals surface area (Å²) in [6.45, 7) is 12.2. The second-order valence-corrected chi connectivity index (χ2v) is 23.7. The number of hydrogen-bond acceptors (Lipinski definition) is 16. The monoisotopic (exact) mass is 1000 g/mol. The van der Waals surface area contributed by atoms with E-state index in [9.17, 15) is 0 Å². The molecular weight excluding hydrogens is 936 g/mol. The standard InChI is InChI=1S/C44H64O16P4Si/c1-9-49-61(45,50-10-2)41(37-29-21-17-22-30-37)57-65(58-42(38-31-23-18-24-32-38)62(46,51-11-3)52-12-4,59-43(39-33-25-19-26-34-39)63(47,53-13-5)54-14-6)60-44(40-35-27-20-28-36-40)64(48,55-15-7)56-16-8/h17-36,41-44H,9-16H2,1-8H3. The van der Waals surface area contributed by atoms with Gasteiger partial charge >= 0.3 is 39.4 Å². The predicted octanol–water partition coefficient (Wildman–Crippen LogP) is 13.3. The van der Waals surface area contributed by atoms with Crippen LogP contribution in [0.5, 0.6) is 0 Å². The molecule has 0 saturated carbocycles. The van der Waals surface area contributed by atoms with Crippen molar-refractivity contribution < 1.29 is 72.2 Å². The van der Waals surface area contributed by atoms with Crippen molar-refractivity contribution in [2.45, 2.75) is 78.8 Å². The zero-order valence-corrected chi connectivity index (χ0v) is 42.9. The molecule has 0 radical (unpaired) electrons. The van der Waals surface area contributed by atoms with Gasteiger partial charge in [-0.2, -0.15) is 0 Å². The van der Waals surface area contributed by atoms with Gasteiger partial charge in [-0.15, -0.1) is 0 Å². The van der Waals surface area contributed by atoms with Gasteiger partial charge in [0.25, 0.3) is 0 Å². The third kappa shape index (κ3) is 14.8. The number of rotatable bonds is 32. The molecule has 16 nitrogen and oxygen atoms in total. The Balaban J connectivity index is 2.31. The Bertz CT molecular complexity index is 1810. The largest absolute Gasteiger partial charge is 0.683 e. The van der Waals surface area contributed by atoms with Gasteiger partial charge in [-0.05, 0) is 77.6 Å². The summed E-state index contributed by atoms with van der Waals surface area (Å²) in [4.78, 5) is 0. The van der Waals surface area contributed by atoms with Crippen molar-refractivity contribution in [3.8, 4) is 0 Å². The number of hydrogen-bond donors (Lipinski definition) is 0. The molecule has 65 heavy (non-hydrogen) atoms. The van der Waals surface area contributed by atoms with Gasteiger partial charge in [0, 0.05) is 0 Å². The topological polar surface area (TPSA) is 179 Å². The first-order valence-electron chi connectivity index (χ1n) is 21.7. The van der Waals surface area contributed by atoms with E-state index >= 15 is 18.3 Å². The third-order valence-electron chi connectivity index (χ3n) is 8.98. The van der Waals surface area contributed by atoms with Crippen molar-refractivity contribution in [2.24, 2.45) is 0 Å². The summed E-state index contributed by atoms with van der Waals surface area (Å²) in [5.41, 5.74) is 0.954. The molecule has 0 aliphatic rings. The van der Waals surface area contributed by atoms with Crippen LogP contribution in [0.1, 0.15) is 101 Å². The Morgan fingerprint density at radius 3 is 0.600 bits per heavy atom. The van der Waals surface area contributed by atoms with E-state index < -0.39 is 62.8 Å². The van der Waals surface area contributed by atoms with Crippen molar-refractivity contribution in [3.05, 3.63) is 144 Å². The van der Waals surface area contributed by atoms with Crippen LogP contribution in [0.15, 0.2) is 121 Å². The molecule has 0 aliphatic carbocycles. The molecule has 0 saturated heterocycles. The first-order chi connectivity index (χ1) is 31.3. The maximum Gasteiger partial charge on any atom is 0.683 e. The highest BCUT2D eigenvalue weighted by molar-refractivity contribution is 7.55. The molecule has 0 N–H and O–H groups in total. The van der Waals surface area contributed by atoms with Crippen molar-refractivity contribution in [1.82, 2.24) is 0 Å². The van der Waals surface area contributed by atoms with Crippen molar-refractivity contribution in [3.63, 3.8) is 0 Å². The van der Waals surface area contributed by atoms with Gasteiger partial charge in [-0.25, -0.2) is 0 Å².